The van der Waals surface area contributed by atoms with Crippen molar-refractivity contribution in [1.82, 2.24) is 0 Å². The van der Waals surface area contributed by atoms with Crippen LogP contribution in [0.25, 0.3) is 0 Å². The first-order valence-corrected chi connectivity index (χ1v) is 7.43. The van der Waals surface area contributed by atoms with Gasteiger partial charge in [0.2, 0.25) is 0 Å². The number of nitro groups is 1. The smallest absolute Gasteiger partial charge is 0.288 e. The highest BCUT2D eigenvalue weighted by atomic mass is 35.5. The molecule has 1 aromatic rings. The van der Waals surface area contributed by atoms with E-state index in [-0.39, 0.29) is 16.8 Å². The normalized spacial score (nSPS) is 14.0. The van der Waals surface area contributed by atoms with Crippen LogP contribution in [0.15, 0.2) is 12.1 Å². The maximum absolute atomic E-state index is 11.1. The van der Waals surface area contributed by atoms with Crippen molar-refractivity contribution in [3.63, 3.8) is 0 Å². The zero-order chi connectivity index (χ0) is 13.9. The summed E-state index contributed by atoms with van der Waals surface area (Å²) < 4.78 is 11.1. The zero-order valence-electron chi connectivity index (χ0n) is 10.4. The Balaban J connectivity index is 2.94. The van der Waals surface area contributed by atoms with Gasteiger partial charge in [-0.1, -0.05) is 11.6 Å². The Morgan fingerprint density at radius 1 is 1.56 bits per heavy atom. The SMILES string of the molecule is Cc1cc([N+](=O)[O-])c(Cl)cc1NC(C)CS(C)=O. The third-order valence-electron chi connectivity index (χ3n) is 2.38. The van der Waals surface area contributed by atoms with Crippen molar-refractivity contribution in [2.24, 2.45) is 0 Å². The van der Waals surface area contributed by atoms with Crippen molar-refractivity contribution < 1.29 is 9.13 Å². The van der Waals surface area contributed by atoms with Gasteiger partial charge in [-0.05, 0) is 25.5 Å². The van der Waals surface area contributed by atoms with Gasteiger partial charge in [0, 0.05) is 40.6 Å². The van der Waals surface area contributed by atoms with E-state index < -0.39 is 15.7 Å². The minimum absolute atomic E-state index is 0.00653. The van der Waals surface area contributed by atoms with Crippen LogP contribution in [0.2, 0.25) is 5.02 Å². The lowest BCUT2D eigenvalue weighted by molar-refractivity contribution is -0.384. The van der Waals surface area contributed by atoms with Gasteiger partial charge in [-0.2, -0.15) is 0 Å². The largest absolute Gasteiger partial charge is 0.381 e. The highest BCUT2D eigenvalue weighted by Crippen LogP contribution is 2.30. The molecule has 0 aliphatic carbocycles. The molecule has 1 rings (SSSR count). The number of benzene rings is 1. The summed E-state index contributed by atoms with van der Waals surface area (Å²) >= 11 is 5.84. The Kier molecular flexibility index (Phi) is 5.10. The number of halogens is 1. The Morgan fingerprint density at radius 2 is 2.17 bits per heavy atom. The summed E-state index contributed by atoms with van der Waals surface area (Å²) in [4.78, 5) is 10.2. The van der Waals surface area contributed by atoms with Crippen LogP contribution in [-0.2, 0) is 10.8 Å². The maximum atomic E-state index is 11.1. The first-order valence-electron chi connectivity index (χ1n) is 5.32. The molecule has 5 nitrogen and oxygen atoms in total. The predicted molar refractivity (Wildman–Crippen MR) is 74.9 cm³/mol. The summed E-state index contributed by atoms with van der Waals surface area (Å²) in [6, 6.07) is 2.97. The van der Waals surface area contributed by atoms with Crippen LogP contribution >= 0.6 is 11.6 Å². The Morgan fingerprint density at radius 3 is 2.67 bits per heavy atom. The third kappa shape index (κ3) is 3.96. The van der Waals surface area contributed by atoms with Crippen LogP contribution in [0.5, 0.6) is 0 Å². The maximum Gasteiger partial charge on any atom is 0.288 e. The number of hydrogen-bond donors (Lipinski definition) is 1. The van der Waals surface area contributed by atoms with Crippen LogP contribution in [0, 0.1) is 17.0 Å². The number of nitro benzene ring substituents is 1. The molecule has 1 aromatic carbocycles. The molecule has 2 atom stereocenters. The summed E-state index contributed by atoms with van der Waals surface area (Å²) in [5.41, 5.74) is 1.36. The molecular weight excluding hydrogens is 276 g/mol. The number of anilines is 1. The van der Waals surface area contributed by atoms with Crippen molar-refractivity contribution in [3.05, 3.63) is 32.8 Å². The van der Waals surface area contributed by atoms with E-state index in [0.717, 1.165) is 11.3 Å². The fourth-order valence-electron chi connectivity index (χ4n) is 1.62. The van der Waals surface area contributed by atoms with Crippen molar-refractivity contribution in [2.45, 2.75) is 19.9 Å². The topological polar surface area (TPSA) is 72.2 Å². The Hall–Kier alpha value is -1.14. The van der Waals surface area contributed by atoms with Gasteiger partial charge in [0.05, 0.1) is 4.92 Å². The second-order valence-corrected chi connectivity index (χ2v) is 6.05. The lowest BCUT2D eigenvalue weighted by Crippen LogP contribution is -2.22. The van der Waals surface area contributed by atoms with E-state index in [1.54, 1.807) is 13.2 Å². The second kappa shape index (κ2) is 6.15. The average Bonchev–Trinajstić information content (AvgIpc) is 2.21. The fraction of sp³-hybridized carbons (Fsp3) is 0.455. The summed E-state index contributed by atoms with van der Waals surface area (Å²) in [5.74, 6) is 0.508. The molecular formula is C11H15ClN2O3S. The van der Waals surface area contributed by atoms with Crippen molar-refractivity contribution in [2.75, 3.05) is 17.3 Å². The first-order chi connectivity index (χ1) is 8.31. The summed E-state index contributed by atoms with van der Waals surface area (Å²) in [7, 11) is -0.897. The molecule has 0 amide bonds. The highest BCUT2D eigenvalue weighted by Gasteiger charge is 2.16. The molecule has 2 unspecified atom stereocenters. The minimum atomic E-state index is -0.897. The molecule has 0 fully saturated rings. The molecule has 0 aliphatic heterocycles. The van der Waals surface area contributed by atoms with Crippen LogP contribution in [0.1, 0.15) is 12.5 Å². The summed E-state index contributed by atoms with van der Waals surface area (Å²) in [6.45, 7) is 3.66. The minimum Gasteiger partial charge on any atom is -0.381 e. The van der Waals surface area contributed by atoms with E-state index in [0.29, 0.717) is 5.75 Å². The van der Waals surface area contributed by atoms with Crippen LogP contribution in [0.4, 0.5) is 11.4 Å². The monoisotopic (exact) mass is 290 g/mol. The number of rotatable bonds is 5. The average molecular weight is 291 g/mol. The highest BCUT2D eigenvalue weighted by molar-refractivity contribution is 7.84. The zero-order valence-corrected chi connectivity index (χ0v) is 12.0. The van der Waals surface area contributed by atoms with Gasteiger partial charge in [0.1, 0.15) is 5.02 Å². The molecule has 100 valence electrons. The fourth-order valence-corrected chi connectivity index (χ4v) is 2.64. The number of aryl methyl sites for hydroxylation is 1. The van der Waals surface area contributed by atoms with E-state index in [1.165, 1.54) is 12.1 Å². The summed E-state index contributed by atoms with van der Waals surface area (Å²) in [6.07, 6.45) is 1.63. The van der Waals surface area contributed by atoms with E-state index in [1.807, 2.05) is 6.92 Å². The third-order valence-corrected chi connectivity index (χ3v) is 3.65. The Bertz CT molecular complexity index is 493. The number of nitrogens with one attached hydrogen (secondary N) is 1. The molecule has 0 aliphatic rings. The standard InChI is InChI=1S/C11H15ClN2O3S/c1-7-4-11(14(15)16)9(12)5-10(7)13-8(2)6-18(3)17/h4-5,8,13H,6H2,1-3H3. The lowest BCUT2D eigenvalue weighted by atomic mass is 10.1. The van der Waals surface area contributed by atoms with Gasteiger partial charge in [0.25, 0.3) is 5.69 Å². The van der Waals surface area contributed by atoms with E-state index in [9.17, 15) is 14.3 Å². The molecule has 0 saturated heterocycles. The van der Waals surface area contributed by atoms with Crippen LogP contribution in [-0.4, -0.2) is 27.2 Å². The van der Waals surface area contributed by atoms with E-state index in [4.69, 9.17) is 11.6 Å². The quantitative estimate of drug-likeness (QED) is 0.668. The number of nitrogens with zero attached hydrogens (tertiary/aromatic N) is 1. The molecule has 0 saturated carbocycles. The molecule has 0 bridgehead atoms. The van der Waals surface area contributed by atoms with Gasteiger partial charge < -0.3 is 5.32 Å². The molecule has 0 aromatic heterocycles. The molecule has 1 N–H and O–H groups in total. The lowest BCUT2D eigenvalue weighted by Gasteiger charge is -2.16. The van der Waals surface area contributed by atoms with Crippen LogP contribution in [0.3, 0.4) is 0 Å². The van der Waals surface area contributed by atoms with Crippen LogP contribution < -0.4 is 5.32 Å². The van der Waals surface area contributed by atoms with Crippen molar-refractivity contribution in [1.29, 1.82) is 0 Å². The van der Waals surface area contributed by atoms with Gasteiger partial charge in [0.15, 0.2) is 0 Å². The van der Waals surface area contributed by atoms with Gasteiger partial charge in [-0.25, -0.2) is 0 Å². The molecule has 18 heavy (non-hydrogen) atoms. The second-order valence-electron chi connectivity index (χ2n) is 4.16. The van der Waals surface area contributed by atoms with E-state index in [2.05, 4.69) is 5.32 Å². The number of hydrogen-bond acceptors (Lipinski definition) is 4. The van der Waals surface area contributed by atoms with Gasteiger partial charge in [-0.15, -0.1) is 0 Å². The predicted octanol–water partition coefficient (Wildman–Crippen LogP) is 2.74. The molecule has 0 radical (unpaired) electrons. The van der Waals surface area contributed by atoms with Gasteiger partial charge >= 0.3 is 0 Å². The van der Waals surface area contributed by atoms with Gasteiger partial charge in [-0.3, -0.25) is 14.3 Å². The molecule has 0 heterocycles. The molecule has 7 heteroatoms. The first kappa shape index (κ1) is 14.9. The van der Waals surface area contributed by atoms with Crippen molar-refractivity contribution in [3.8, 4) is 0 Å². The molecule has 0 spiro atoms. The summed E-state index contributed by atoms with van der Waals surface area (Å²) in [5, 5.41) is 14.0. The Labute approximate surface area is 113 Å². The van der Waals surface area contributed by atoms with E-state index >= 15 is 0 Å². The van der Waals surface area contributed by atoms with Crippen molar-refractivity contribution >= 4 is 33.8 Å².